The van der Waals surface area contributed by atoms with E-state index in [1.807, 2.05) is 30.3 Å². The van der Waals surface area contributed by atoms with Gasteiger partial charge in [-0.15, -0.1) is 17.8 Å². The van der Waals surface area contributed by atoms with Crippen LogP contribution in [0.5, 0.6) is 0 Å². The zero-order valence-corrected chi connectivity index (χ0v) is 18.7. The van der Waals surface area contributed by atoms with Gasteiger partial charge in [-0.3, -0.25) is 0 Å². The minimum atomic E-state index is -4.74. The van der Waals surface area contributed by atoms with Crippen LogP contribution >= 0.6 is 35.0 Å². The summed E-state index contributed by atoms with van der Waals surface area (Å²) in [5.41, 5.74) is 5.75. The van der Waals surface area contributed by atoms with E-state index in [0.717, 1.165) is 22.1 Å². The van der Waals surface area contributed by atoms with Crippen molar-refractivity contribution in [1.82, 2.24) is 0 Å². The van der Waals surface area contributed by atoms with Gasteiger partial charge in [0, 0.05) is 32.5 Å². The largest absolute Gasteiger partial charge is 0.674 e. The van der Waals surface area contributed by atoms with Crippen LogP contribution in [0.25, 0.3) is 16.5 Å². The summed E-state index contributed by atoms with van der Waals surface area (Å²) in [4.78, 5) is 6.16. The van der Waals surface area contributed by atoms with Crippen molar-refractivity contribution in [2.45, 2.75) is 40.8 Å². The molecule has 3 nitrogen and oxygen atoms in total. The van der Waals surface area contributed by atoms with E-state index in [1.165, 1.54) is 18.2 Å². The number of fused-ring (bicyclic) bond motifs is 1. The number of rotatable bonds is 4. The van der Waals surface area contributed by atoms with Crippen LogP contribution in [-0.4, -0.2) is 23.2 Å². The minimum absolute atomic E-state index is 0.0667. The van der Waals surface area contributed by atoms with Gasteiger partial charge in [-0.2, -0.15) is 13.2 Å². The predicted octanol–water partition coefficient (Wildman–Crippen LogP) is 8.01. The molecule has 2 unspecified atom stereocenters. The second kappa shape index (κ2) is 7.83. The zero-order valence-electron chi connectivity index (χ0n) is 16.4. The van der Waals surface area contributed by atoms with Gasteiger partial charge in [0.15, 0.2) is 0 Å². The van der Waals surface area contributed by atoms with Gasteiger partial charge < -0.3 is 10.6 Å². The smallest absolute Gasteiger partial charge is 0.435 e. The summed E-state index contributed by atoms with van der Waals surface area (Å²) in [6.07, 6.45) is -4.40. The first-order valence-electron chi connectivity index (χ1n) is 9.86. The number of nitrogens with one attached hydrogen (secondary N) is 1. The highest BCUT2D eigenvalue weighted by atomic mass is 35.5. The van der Waals surface area contributed by atoms with E-state index < -0.39 is 18.2 Å². The fourth-order valence-corrected chi connectivity index (χ4v) is 5.70. The summed E-state index contributed by atoms with van der Waals surface area (Å²) in [6, 6.07) is 14.9. The monoisotopic (exact) mass is 495 g/mol. The molecule has 0 saturated heterocycles. The Kier molecular flexibility index (Phi) is 5.36. The molecule has 1 aliphatic heterocycles. The van der Waals surface area contributed by atoms with Crippen molar-refractivity contribution >= 4 is 51.4 Å². The molecule has 0 bridgehead atoms. The summed E-state index contributed by atoms with van der Waals surface area (Å²) in [7, 11) is 0. The molecule has 0 radical (unpaired) electrons. The third kappa shape index (κ3) is 3.75. The van der Waals surface area contributed by atoms with Crippen molar-refractivity contribution in [3.8, 4) is 0 Å². The van der Waals surface area contributed by atoms with Crippen molar-refractivity contribution in [1.29, 1.82) is 0 Å². The maximum absolute atomic E-state index is 14.3. The van der Waals surface area contributed by atoms with Gasteiger partial charge in [0.2, 0.25) is 0 Å². The standard InChI is InChI=1S/C23H16Cl2F3N2OS/c24-13-7-12(8-14(25)9-13)22(23(26,27)28)11-19(30-31-22)16-5-6-20(32-21-10-18(21)29)17-4-2-1-3-15(16)17/h1-9,18,21,29H,10-11H2/q-1/t18?,21?,22-/m0/s1. The Bertz CT molecular complexity index is 1230. The molecule has 3 aromatic carbocycles. The third-order valence-electron chi connectivity index (χ3n) is 5.72. The summed E-state index contributed by atoms with van der Waals surface area (Å²) in [6.45, 7) is 0. The van der Waals surface area contributed by atoms with Crippen molar-refractivity contribution in [2.24, 2.45) is 5.16 Å². The summed E-state index contributed by atoms with van der Waals surface area (Å²) < 4.78 is 42.9. The van der Waals surface area contributed by atoms with E-state index in [4.69, 9.17) is 33.8 Å². The molecule has 0 amide bonds. The van der Waals surface area contributed by atoms with Gasteiger partial charge >= 0.3 is 6.18 Å². The van der Waals surface area contributed by atoms with Crippen LogP contribution in [0.15, 0.2) is 64.6 Å². The Morgan fingerprint density at radius 3 is 2.31 bits per heavy atom. The second-order valence-corrected chi connectivity index (χ2v) is 10.1. The number of halogens is 5. The topological polar surface area (TPSA) is 45.4 Å². The molecule has 32 heavy (non-hydrogen) atoms. The molecule has 1 fully saturated rings. The van der Waals surface area contributed by atoms with Gasteiger partial charge in [-0.1, -0.05) is 65.1 Å². The second-order valence-electron chi connectivity index (χ2n) is 7.94. The lowest BCUT2D eigenvalue weighted by Crippen LogP contribution is -2.42. The molecular weight excluding hydrogens is 480 g/mol. The highest BCUT2D eigenvalue weighted by molar-refractivity contribution is 8.00. The van der Waals surface area contributed by atoms with Crippen molar-refractivity contribution in [2.75, 3.05) is 0 Å². The van der Waals surface area contributed by atoms with E-state index in [1.54, 1.807) is 17.8 Å². The first-order valence-corrected chi connectivity index (χ1v) is 11.5. The average Bonchev–Trinajstić information content (AvgIpc) is 3.23. The normalized spacial score (nSPS) is 25.0. The molecule has 2 aliphatic rings. The maximum Gasteiger partial charge on any atom is 0.435 e. The van der Waals surface area contributed by atoms with Gasteiger partial charge in [-0.25, -0.2) is 0 Å². The number of hydrogen-bond acceptors (Lipinski definition) is 3. The fraction of sp³-hybridized carbons (Fsp3) is 0.261. The predicted molar refractivity (Wildman–Crippen MR) is 123 cm³/mol. The summed E-state index contributed by atoms with van der Waals surface area (Å²) in [5, 5.41) is 6.05. The van der Waals surface area contributed by atoms with Gasteiger partial charge in [0.1, 0.15) is 0 Å². The Balaban J connectivity index is 1.56. The maximum atomic E-state index is 14.3. The molecule has 0 aromatic heterocycles. The highest BCUT2D eigenvalue weighted by Gasteiger charge is 2.62. The van der Waals surface area contributed by atoms with Gasteiger partial charge in [0.05, 0.1) is 5.71 Å². The molecular formula is C23H16Cl2F3N2OS-. The number of alkyl halides is 3. The average molecular weight is 496 g/mol. The van der Waals surface area contributed by atoms with Crippen molar-refractivity contribution < 1.29 is 18.0 Å². The van der Waals surface area contributed by atoms with E-state index in [0.29, 0.717) is 5.56 Å². The molecule has 5 rings (SSSR count). The lowest BCUT2D eigenvalue weighted by molar-refractivity contribution is -0.275. The molecule has 1 N–H and O–H groups in total. The quantitative estimate of drug-likeness (QED) is 0.367. The van der Waals surface area contributed by atoms with Crippen LogP contribution in [-0.2, 0) is 10.4 Å². The van der Waals surface area contributed by atoms with Crippen LogP contribution in [0.3, 0.4) is 0 Å². The van der Waals surface area contributed by atoms with E-state index >= 15 is 0 Å². The Morgan fingerprint density at radius 2 is 1.69 bits per heavy atom. The van der Waals surface area contributed by atoms with Gasteiger partial charge in [-0.05, 0) is 40.3 Å². The van der Waals surface area contributed by atoms with E-state index in [-0.39, 0.29) is 32.6 Å². The molecule has 3 atom stereocenters. The van der Waals surface area contributed by atoms with Gasteiger partial charge in [0.25, 0.3) is 5.60 Å². The molecule has 166 valence electrons. The highest BCUT2D eigenvalue weighted by Crippen LogP contribution is 2.50. The Labute approximate surface area is 196 Å². The minimum Gasteiger partial charge on any atom is -0.674 e. The number of hydrogen-bond donors (Lipinski definition) is 0. The SMILES string of the molecule is [NH-]C1CC1Sc1ccc(C2=NO[C@@](c3cc(Cl)cc(Cl)c3)(C(F)(F)F)C2)c2ccccc12. The van der Waals surface area contributed by atoms with Crippen LogP contribution in [0, 0.1) is 0 Å². The summed E-state index contributed by atoms with van der Waals surface area (Å²) >= 11 is 13.6. The molecule has 0 spiro atoms. The van der Waals surface area contributed by atoms with E-state index in [9.17, 15) is 13.2 Å². The van der Waals surface area contributed by atoms with Crippen LogP contribution in [0.4, 0.5) is 13.2 Å². The van der Waals surface area contributed by atoms with Crippen LogP contribution in [0.1, 0.15) is 24.0 Å². The number of thioether (sulfide) groups is 1. The number of benzene rings is 3. The molecule has 1 heterocycles. The molecule has 9 heteroatoms. The van der Waals surface area contributed by atoms with Crippen molar-refractivity contribution in [3.05, 3.63) is 81.5 Å². The van der Waals surface area contributed by atoms with E-state index in [2.05, 4.69) is 5.16 Å². The first-order chi connectivity index (χ1) is 15.2. The van der Waals surface area contributed by atoms with Crippen LogP contribution in [0.2, 0.25) is 10.0 Å². The number of nitrogens with zero attached hydrogens (tertiary/aromatic N) is 1. The first kappa shape index (κ1) is 21.9. The molecule has 3 aromatic rings. The lowest BCUT2D eigenvalue weighted by atomic mass is 9.85. The number of oxime groups is 1. The van der Waals surface area contributed by atoms with Crippen LogP contribution < -0.4 is 0 Å². The molecule has 1 saturated carbocycles. The Hall–Kier alpha value is -1.93. The third-order valence-corrected chi connectivity index (χ3v) is 7.59. The molecule has 1 aliphatic carbocycles. The summed E-state index contributed by atoms with van der Waals surface area (Å²) in [5.74, 6) is 0. The fourth-order valence-electron chi connectivity index (χ4n) is 3.93. The van der Waals surface area contributed by atoms with Crippen molar-refractivity contribution in [3.63, 3.8) is 0 Å². The zero-order chi connectivity index (χ0) is 22.7. The Morgan fingerprint density at radius 1 is 1.03 bits per heavy atom. The lowest BCUT2D eigenvalue weighted by Gasteiger charge is -2.29.